The molecular formula is C35H25NO9. The van der Waals surface area contributed by atoms with Gasteiger partial charge in [0.2, 0.25) is 5.78 Å². The summed E-state index contributed by atoms with van der Waals surface area (Å²) in [5.74, 6) is 1.42. The van der Waals surface area contributed by atoms with Crippen molar-refractivity contribution in [3.63, 3.8) is 0 Å². The summed E-state index contributed by atoms with van der Waals surface area (Å²) in [6, 6.07) is 19.8. The van der Waals surface area contributed by atoms with E-state index in [1.54, 1.807) is 83.4 Å². The molecule has 0 N–H and O–H groups in total. The molecule has 3 aromatic carbocycles. The van der Waals surface area contributed by atoms with E-state index in [0.29, 0.717) is 79.7 Å². The zero-order valence-electron chi connectivity index (χ0n) is 23.9. The number of benzene rings is 3. The highest BCUT2D eigenvalue weighted by Gasteiger charge is 2.34. The van der Waals surface area contributed by atoms with Crippen molar-refractivity contribution in [2.45, 2.75) is 0 Å². The van der Waals surface area contributed by atoms with Crippen LogP contribution in [0.4, 0.5) is 0 Å². The molecule has 0 atom stereocenters. The van der Waals surface area contributed by atoms with Crippen LogP contribution in [0.5, 0.6) is 34.5 Å². The lowest BCUT2D eigenvalue weighted by atomic mass is 9.91. The zero-order valence-corrected chi connectivity index (χ0v) is 23.9. The van der Waals surface area contributed by atoms with E-state index in [9.17, 15) is 14.4 Å². The largest absolute Gasteiger partial charge is 0.486 e. The van der Waals surface area contributed by atoms with Crippen molar-refractivity contribution in [1.82, 2.24) is 4.40 Å². The summed E-state index contributed by atoms with van der Waals surface area (Å²) in [6.07, 6.45) is 1.67. The van der Waals surface area contributed by atoms with Crippen molar-refractivity contribution in [2.75, 3.05) is 39.6 Å². The molecule has 45 heavy (non-hydrogen) atoms. The van der Waals surface area contributed by atoms with E-state index in [1.165, 1.54) is 0 Å². The topological polar surface area (TPSA) is 111 Å². The lowest BCUT2D eigenvalue weighted by Crippen LogP contribution is -2.18. The molecule has 0 saturated carbocycles. The second kappa shape index (κ2) is 10.7. The molecular weight excluding hydrogens is 578 g/mol. The van der Waals surface area contributed by atoms with Crippen molar-refractivity contribution >= 4 is 22.9 Å². The Labute approximate surface area is 256 Å². The van der Waals surface area contributed by atoms with Crippen LogP contribution >= 0.6 is 0 Å². The van der Waals surface area contributed by atoms with E-state index in [0.717, 1.165) is 0 Å². The zero-order chi connectivity index (χ0) is 30.5. The van der Waals surface area contributed by atoms with Gasteiger partial charge in [0.05, 0.1) is 16.6 Å². The van der Waals surface area contributed by atoms with Gasteiger partial charge in [-0.25, -0.2) is 0 Å². The van der Waals surface area contributed by atoms with E-state index in [1.807, 2.05) is 0 Å². The molecule has 0 bridgehead atoms. The summed E-state index contributed by atoms with van der Waals surface area (Å²) in [4.78, 5) is 43.5. The summed E-state index contributed by atoms with van der Waals surface area (Å²) in [7, 11) is 0. The minimum atomic E-state index is -0.516. The molecule has 10 nitrogen and oxygen atoms in total. The van der Waals surface area contributed by atoms with E-state index in [2.05, 4.69) is 0 Å². The van der Waals surface area contributed by atoms with E-state index >= 15 is 0 Å². The lowest BCUT2D eigenvalue weighted by molar-refractivity contribution is 0.0990. The summed E-state index contributed by atoms with van der Waals surface area (Å²) in [5.41, 5.74) is 1.30. The summed E-state index contributed by atoms with van der Waals surface area (Å²) in [6.45, 7) is 2.24. The minimum Gasteiger partial charge on any atom is -0.486 e. The van der Waals surface area contributed by atoms with Crippen LogP contribution in [0.3, 0.4) is 0 Å². The first-order chi connectivity index (χ1) is 22.1. The predicted molar refractivity (Wildman–Crippen MR) is 160 cm³/mol. The molecule has 0 radical (unpaired) electrons. The predicted octanol–water partition coefficient (Wildman–Crippen LogP) is 4.95. The second-order valence-electron chi connectivity index (χ2n) is 10.6. The van der Waals surface area contributed by atoms with E-state index in [-0.39, 0.29) is 33.5 Å². The maximum Gasteiger partial charge on any atom is 0.210 e. The van der Waals surface area contributed by atoms with Crippen LogP contribution in [-0.2, 0) is 0 Å². The molecule has 3 aliphatic heterocycles. The quantitative estimate of drug-likeness (QED) is 0.249. The Morgan fingerprint density at radius 3 is 1.38 bits per heavy atom. The first-order valence-corrected chi connectivity index (χ1v) is 14.5. The van der Waals surface area contributed by atoms with Crippen molar-refractivity contribution < 1.29 is 42.8 Å². The number of rotatable bonds is 6. The fourth-order valence-corrected chi connectivity index (χ4v) is 5.86. The highest BCUT2D eigenvalue weighted by molar-refractivity contribution is 6.28. The number of ether oxygens (including phenoxy) is 6. The van der Waals surface area contributed by atoms with Gasteiger partial charge in [-0.3, -0.25) is 14.4 Å². The summed E-state index contributed by atoms with van der Waals surface area (Å²) >= 11 is 0. The molecule has 5 heterocycles. The van der Waals surface area contributed by atoms with Crippen molar-refractivity contribution in [3.05, 3.63) is 113 Å². The van der Waals surface area contributed by atoms with Crippen molar-refractivity contribution in [1.29, 1.82) is 0 Å². The Morgan fingerprint density at radius 1 is 0.467 bits per heavy atom. The number of hydrogen-bond donors (Lipinski definition) is 0. The maximum atomic E-state index is 14.6. The van der Waals surface area contributed by atoms with Crippen molar-refractivity contribution in [3.8, 4) is 34.5 Å². The third kappa shape index (κ3) is 4.53. The first-order valence-electron chi connectivity index (χ1n) is 14.5. The molecule has 10 heteroatoms. The molecule has 2 aromatic heterocycles. The van der Waals surface area contributed by atoms with Gasteiger partial charge in [0, 0.05) is 22.9 Å². The molecule has 3 aliphatic rings. The Balaban J connectivity index is 1.34. The summed E-state index contributed by atoms with van der Waals surface area (Å²) < 4.78 is 35.7. The van der Waals surface area contributed by atoms with Gasteiger partial charge in [0.1, 0.15) is 45.3 Å². The third-order valence-corrected chi connectivity index (χ3v) is 7.93. The molecule has 5 aromatic rings. The molecule has 0 fully saturated rings. The van der Waals surface area contributed by atoms with Gasteiger partial charge in [0.15, 0.2) is 46.1 Å². The number of aromatic nitrogens is 1. The van der Waals surface area contributed by atoms with Crippen LogP contribution in [-0.4, -0.2) is 61.4 Å². The Hall–Kier alpha value is -5.77. The molecule has 0 aliphatic carbocycles. The van der Waals surface area contributed by atoms with Gasteiger partial charge in [0.25, 0.3) is 0 Å². The Bertz CT molecular complexity index is 1930. The smallest absolute Gasteiger partial charge is 0.210 e. The monoisotopic (exact) mass is 603 g/mol. The molecule has 224 valence electrons. The first kappa shape index (κ1) is 26.8. The third-order valence-electron chi connectivity index (χ3n) is 7.93. The number of ketones is 3. The fourth-order valence-electron chi connectivity index (χ4n) is 5.86. The van der Waals surface area contributed by atoms with E-state index in [4.69, 9.17) is 28.4 Å². The minimum absolute atomic E-state index is 0.0299. The van der Waals surface area contributed by atoms with Crippen LogP contribution in [0.2, 0.25) is 0 Å². The lowest BCUT2D eigenvalue weighted by Gasteiger charge is -2.19. The number of carbonyl (C=O) groups is 3. The number of carbonyl (C=O) groups excluding carboxylic acids is 3. The average Bonchev–Trinajstić information content (AvgIpc) is 3.45. The van der Waals surface area contributed by atoms with Crippen LogP contribution in [0.1, 0.15) is 47.9 Å². The van der Waals surface area contributed by atoms with Gasteiger partial charge in [-0.2, -0.15) is 0 Å². The van der Waals surface area contributed by atoms with Crippen LogP contribution in [0.25, 0.3) is 5.52 Å². The van der Waals surface area contributed by atoms with Crippen molar-refractivity contribution in [2.24, 2.45) is 0 Å². The van der Waals surface area contributed by atoms with Crippen LogP contribution < -0.4 is 28.4 Å². The van der Waals surface area contributed by atoms with Gasteiger partial charge in [-0.15, -0.1) is 0 Å². The maximum absolute atomic E-state index is 14.6. The van der Waals surface area contributed by atoms with Gasteiger partial charge in [-0.1, -0.05) is 6.07 Å². The number of hydrogen-bond acceptors (Lipinski definition) is 9. The molecule has 0 unspecified atom stereocenters. The van der Waals surface area contributed by atoms with Gasteiger partial charge in [-0.05, 0) is 66.7 Å². The number of nitrogens with zero attached hydrogens (tertiary/aromatic N) is 1. The van der Waals surface area contributed by atoms with Crippen LogP contribution in [0, 0.1) is 0 Å². The number of pyridine rings is 1. The highest BCUT2D eigenvalue weighted by Crippen LogP contribution is 2.38. The van der Waals surface area contributed by atoms with Gasteiger partial charge < -0.3 is 32.8 Å². The average molecular weight is 604 g/mol. The molecule has 8 rings (SSSR count). The fraction of sp³-hybridized carbons (Fsp3) is 0.171. The second-order valence-corrected chi connectivity index (χ2v) is 10.6. The standard InChI is InChI=1S/C35H25NO9/c37-33(20-4-7-24-27(17-20)43-14-11-40-24)30-23-3-1-2-10-36(23)32(35(39)22-6-9-26-29(19-22)45-16-13-42-26)31(30)34(38)21-5-8-25-28(18-21)44-15-12-41-25/h1-10,17-19H,11-16H2. The SMILES string of the molecule is O=C(c1ccc2c(c1)OCCO2)c1c(C(=O)c2ccc3c(c2)OCCO3)c2ccccn2c1C(=O)c1ccc2c(c1)OCCO2. The Morgan fingerprint density at radius 2 is 0.889 bits per heavy atom. The Kier molecular flexibility index (Phi) is 6.40. The molecule has 0 amide bonds. The number of fused-ring (bicyclic) bond motifs is 4. The highest BCUT2D eigenvalue weighted by atomic mass is 16.6. The van der Waals surface area contributed by atoms with Gasteiger partial charge >= 0.3 is 0 Å². The summed E-state index contributed by atoms with van der Waals surface area (Å²) in [5, 5.41) is 0. The molecule has 0 spiro atoms. The van der Waals surface area contributed by atoms with Crippen LogP contribution in [0.15, 0.2) is 79.0 Å². The van der Waals surface area contributed by atoms with E-state index < -0.39 is 17.3 Å². The molecule has 0 saturated heterocycles. The normalized spacial score (nSPS) is 14.6.